The van der Waals surface area contributed by atoms with Crippen molar-refractivity contribution in [3.05, 3.63) is 265 Å². The van der Waals surface area contributed by atoms with Crippen LogP contribution in [0.5, 0.6) is 46.0 Å². The fourth-order valence-electron chi connectivity index (χ4n) is 16.8. The highest BCUT2D eigenvalue weighted by molar-refractivity contribution is 7.21. The number of aromatic nitrogens is 4. The molecule has 11 aromatic rings. The molecule has 0 bridgehead atoms. The largest absolute Gasteiger partial charge is 0.495 e. The number of hydrogen-bond acceptors (Lipinski definition) is 27. The van der Waals surface area contributed by atoms with E-state index >= 15 is 0 Å². The topological polar surface area (TPSA) is 373 Å². The molecule has 8 atom stereocenters. The number of nitrogens with zero attached hydrogens (tertiary/aromatic N) is 4. The van der Waals surface area contributed by atoms with Gasteiger partial charge in [-0.3, -0.25) is 58.3 Å². The van der Waals surface area contributed by atoms with E-state index in [1.165, 1.54) is 99.5 Å². The molecule has 4 fully saturated rings. The van der Waals surface area contributed by atoms with Crippen LogP contribution in [0.4, 0.5) is 26.3 Å². The SMILES string of the molecule is C=CC(=O)NC1CCOCC1Cc1cc2c(cn1)CC(C(=O)c1c(F)c(OC)cc(OC)c1F)=C2.C=CC(=O)NC1CCOCC1Cc1cc2cc(C(=O)c3c(Cl)c(OC)cc(OC)c3Cl)oc2cn1.C=CC(=O)NC1CCOCC1Cc1cc2cc(C(=O)c3c(F)c(OC)cc(OC)c3F)oc2cn1.C=CC(=O)NC1CCOCC1Cc1cc2cc(C(=O)c3c(F)c(OC)cc(OC)c3F)sc2cn1. The molecule has 0 spiro atoms. The summed E-state index contributed by atoms with van der Waals surface area (Å²) in [4.78, 5) is 118. The summed E-state index contributed by atoms with van der Waals surface area (Å²) in [6.45, 7) is 18.2. The Morgan fingerprint density at radius 2 is 0.693 bits per heavy atom. The zero-order valence-electron chi connectivity index (χ0n) is 77.2. The van der Waals surface area contributed by atoms with Gasteiger partial charge in [0.2, 0.25) is 41.0 Å². The van der Waals surface area contributed by atoms with E-state index in [0.717, 1.165) is 63.1 Å². The van der Waals surface area contributed by atoms with Gasteiger partial charge in [0.15, 0.2) is 97.9 Å². The zero-order chi connectivity index (χ0) is 100. The summed E-state index contributed by atoms with van der Waals surface area (Å²) in [6.07, 6.45) is 18.0. The Bertz CT molecular complexity index is 6070. The zero-order valence-corrected chi connectivity index (χ0v) is 79.5. The molecule has 30 nitrogen and oxygen atoms in total. The Kier molecular flexibility index (Phi) is 34.9. The summed E-state index contributed by atoms with van der Waals surface area (Å²) >= 11 is 13.9. The summed E-state index contributed by atoms with van der Waals surface area (Å²) in [6, 6.07) is 16.3. The maximum absolute atomic E-state index is 14.8. The normalized spacial score (nSPS) is 18.0. The van der Waals surface area contributed by atoms with Gasteiger partial charge in [-0.2, -0.15) is 0 Å². The number of halogens is 8. The second kappa shape index (κ2) is 47.2. The maximum atomic E-state index is 14.8. The van der Waals surface area contributed by atoms with E-state index in [4.69, 9.17) is 88.9 Å². The minimum absolute atomic E-state index is 0.0157. The summed E-state index contributed by atoms with van der Waals surface area (Å²) in [7, 11) is 10.2. The Morgan fingerprint density at radius 1 is 0.386 bits per heavy atom. The molecule has 0 saturated carbocycles. The number of benzene rings is 4. The molecule has 736 valence electrons. The minimum atomic E-state index is -1.15. The number of carbonyl (C=O) groups is 8. The molecule has 140 heavy (non-hydrogen) atoms. The molecule has 4 aromatic carbocycles. The summed E-state index contributed by atoms with van der Waals surface area (Å²) in [5.74, 6) is -12.1. The number of thiophene rings is 1. The first kappa shape index (κ1) is 104. The first-order valence-electron chi connectivity index (χ1n) is 43.9. The number of fused-ring (bicyclic) bond motifs is 4. The Morgan fingerprint density at radius 3 is 1.04 bits per heavy atom. The van der Waals surface area contributed by atoms with Gasteiger partial charge < -0.3 is 86.9 Å². The lowest BCUT2D eigenvalue weighted by Crippen LogP contribution is -2.45. The number of furan rings is 2. The molecule has 4 N–H and O–H groups in total. The number of ketones is 4. The molecule has 1 aliphatic carbocycles. The molecule has 8 unspecified atom stereocenters. The van der Waals surface area contributed by atoms with Gasteiger partial charge in [0.05, 0.1) is 121 Å². The molecule has 5 aliphatic rings. The van der Waals surface area contributed by atoms with Gasteiger partial charge in [0.25, 0.3) is 0 Å². The lowest BCUT2D eigenvalue weighted by atomic mass is 9.90. The third-order valence-corrected chi connectivity index (χ3v) is 26.0. The first-order valence-corrected chi connectivity index (χ1v) is 45.5. The molecule has 16 rings (SSSR count). The van der Waals surface area contributed by atoms with Crippen LogP contribution in [0.1, 0.15) is 117 Å². The number of pyridine rings is 4. The quantitative estimate of drug-likeness (QED) is 0.0173. The van der Waals surface area contributed by atoms with E-state index < -0.39 is 74.7 Å². The van der Waals surface area contributed by atoms with E-state index in [2.05, 4.69) is 67.5 Å². The number of methoxy groups -OCH3 is 8. The van der Waals surface area contributed by atoms with Crippen LogP contribution in [-0.4, -0.2) is 201 Å². The van der Waals surface area contributed by atoms with Crippen molar-refractivity contribution in [3.63, 3.8) is 0 Å². The minimum Gasteiger partial charge on any atom is -0.495 e. The van der Waals surface area contributed by atoms with E-state index in [-0.39, 0.29) is 167 Å². The lowest BCUT2D eigenvalue weighted by Gasteiger charge is -2.31. The van der Waals surface area contributed by atoms with Crippen LogP contribution in [0.3, 0.4) is 0 Å². The van der Waals surface area contributed by atoms with Crippen LogP contribution >= 0.6 is 34.5 Å². The van der Waals surface area contributed by atoms with Crippen molar-refractivity contribution in [2.24, 2.45) is 23.7 Å². The Hall–Kier alpha value is -13.8. The fraction of sp³-hybridized carbons (Fsp3) is 0.327. The van der Waals surface area contributed by atoms with Gasteiger partial charge in [-0.05, 0) is 141 Å². The number of amides is 4. The number of allylic oxidation sites excluding steroid dienone is 1. The van der Waals surface area contributed by atoms with Crippen molar-refractivity contribution < 1.29 is 130 Å². The number of hydrogen-bond donors (Lipinski definition) is 4. The fourth-order valence-corrected chi connectivity index (χ4v) is 18.5. The maximum Gasteiger partial charge on any atom is 0.243 e. The van der Waals surface area contributed by atoms with Crippen molar-refractivity contribution in [1.82, 2.24) is 41.2 Å². The van der Waals surface area contributed by atoms with Crippen molar-refractivity contribution in [1.29, 1.82) is 0 Å². The van der Waals surface area contributed by atoms with E-state index in [9.17, 15) is 64.7 Å². The third kappa shape index (κ3) is 23.7. The van der Waals surface area contributed by atoms with Gasteiger partial charge >= 0.3 is 0 Å². The molecule has 7 aromatic heterocycles. The predicted molar refractivity (Wildman–Crippen MR) is 505 cm³/mol. The van der Waals surface area contributed by atoms with Crippen molar-refractivity contribution in [3.8, 4) is 46.0 Å². The Balaban J connectivity index is 0.000000157. The summed E-state index contributed by atoms with van der Waals surface area (Å²) < 4.78 is 163. The van der Waals surface area contributed by atoms with E-state index in [0.29, 0.717) is 131 Å². The van der Waals surface area contributed by atoms with Gasteiger partial charge in [-0.15, -0.1) is 11.3 Å². The molecule has 39 heteroatoms. The molecule has 4 aliphatic heterocycles. The Labute approximate surface area is 813 Å². The molecule has 0 radical (unpaired) electrons. The number of Topliss-reactive ketones (excluding diaryl/α,β-unsaturated/α-hetero) is 1. The first-order chi connectivity index (χ1) is 67.4. The summed E-state index contributed by atoms with van der Waals surface area (Å²) in [5.41, 5.74) is 3.23. The highest BCUT2D eigenvalue weighted by atomic mass is 35.5. The highest BCUT2D eigenvalue weighted by Gasteiger charge is 2.38. The van der Waals surface area contributed by atoms with Crippen LogP contribution in [0, 0.1) is 58.6 Å². The summed E-state index contributed by atoms with van der Waals surface area (Å²) in [5, 5.41) is 13.9. The average Bonchev–Trinajstić information content (AvgIpc) is 1.76. The second-order valence-electron chi connectivity index (χ2n) is 32.7. The smallest absolute Gasteiger partial charge is 0.243 e. The van der Waals surface area contributed by atoms with Gasteiger partial charge in [0.1, 0.15) is 28.2 Å². The second-order valence-corrected chi connectivity index (χ2v) is 34.6. The molecular formula is C101H98Cl2F6N8O22S. The molecular weight excluding hydrogens is 1890 g/mol. The number of carbonyl (C=O) groups excluding carboxylic acids is 8. The molecule has 11 heterocycles. The van der Waals surface area contributed by atoms with Crippen LogP contribution in [0.25, 0.3) is 38.1 Å². The van der Waals surface area contributed by atoms with Gasteiger partial charge in [-0.1, -0.05) is 49.5 Å². The highest BCUT2D eigenvalue weighted by Crippen LogP contribution is 2.44. The van der Waals surface area contributed by atoms with Crippen LogP contribution < -0.4 is 59.2 Å². The third-order valence-electron chi connectivity index (χ3n) is 24.2. The van der Waals surface area contributed by atoms with Crippen LogP contribution in [0.15, 0.2) is 157 Å². The standard InChI is InChI=1S/C26H26F2N2O5.C25H24Cl2N2O6.C25H24F2N2O6.C25H24F2N2O5S/c1-4-22(31)30-19-5-6-35-13-17(19)10-18-9-14-7-15(8-16(14)12-29-18)26(32)23-24(27)20(33-2)11-21(34-3)25(23)28;3*1-4-21(30)29-16-5-6-34-12-14(16)8-15-7-13-9-19(35-20(13)11-28-15)25(31)22-23(26)17(32-2)10-18(33-3)24(22)27/h4,7,9,11-12,17,19H,1,5-6,8,10,13H2,2-3H3,(H,30,31);3*4,7,9-11,14,16H,1,5-6,8,12H2,2-3H3,(H,29,30). The van der Waals surface area contributed by atoms with Gasteiger partial charge in [-0.25, -0.2) is 26.3 Å². The van der Waals surface area contributed by atoms with Crippen molar-refractivity contribution in [2.45, 2.75) is 82.0 Å². The predicted octanol–water partition coefficient (Wildman–Crippen LogP) is 15.8. The molecule has 4 saturated heterocycles. The van der Waals surface area contributed by atoms with Gasteiger partial charge in [0, 0.05) is 156 Å². The van der Waals surface area contributed by atoms with Crippen molar-refractivity contribution >= 4 is 119 Å². The van der Waals surface area contributed by atoms with E-state index in [1.54, 1.807) is 42.9 Å². The average molecular weight is 1990 g/mol. The molecule has 4 amide bonds. The van der Waals surface area contributed by atoms with Crippen molar-refractivity contribution in [2.75, 3.05) is 110 Å². The van der Waals surface area contributed by atoms with Crippen LogP contribution in [-0.2, 0) is 70.2 Å². The van der Waals surface area contributed by atoms with Crippen LogP contribution in [0.2, 0.25) is 10.0 Å². The van der Waals surface area contributed by atoms with E-state index in [1.807, 2.05) is 18.2 Å². The number of ether oxygens (including phenoxy) is 12. The monoisotopic (exact) mass is 1990 g/mol. The lowest BCUT2D eigenvalue weighted by molar-refractivity contribution is -0.119. The number of rotatable bonds is 32. The number of nitrogens with one attached hydrogen (secondary N) is 4.